The van der Waals surface area contributed by atoms with Crippen LogP contribution in [0.1, 0.15) is 22.8 Å². The fourth-order valence-electron chi connectivity index (χ4n) is 3.59. The summed E-state index contributed by atoms with van der Waals surface area (Å²) in [5.41, 5.74) is 3.38. The van der Waals surface area contributed by atoms with Gasteiger partial charge in [-0.05, 0) is 60.5 Å². The number of carbonyl (C=O) groups is 2. The van der Waals surface area contributed by atoms with E-state index in [1.54, 1.807) is 31.4 Å². The van der Waals surface area contributed by atoms with Gasteiger partial charge in [0.1, 0.15) is 5.75 Å². The van der Waals surface area contributed by atoms with Crippen LogP contribution in [-0.4, -0.2) is 39.3 Å². The summed E-state index contributed by atoms with van der Waals surface area (Å²) in [4.78, 5) is 24.0. The number of thioether (sulfide) groups is 1. The van der Waals surface area contributed by atoms with Crippen LogP contribution in [0.2, 0.25) is 0 Å². The number of hydrogen-bond acceptors (Lipinski definition) is 6. The van der Waals surface area contributed by atoms with Crippen LogP contribution in [0.4, 0.5) is 5.69 Å². The van der Waals surface area contributed by atoms with Gasteiger partial charge in [0.2, 0.25) is 5.91 Å². The molecule has 0 saturated carbocycles. The van der Waals surface area contributed by atoms with E-state index >= 15 is 0 Å². The van der Waals surface area contributed by atoms with E-state index in [2.05, 4.69) is 32.2 Å². The van der Waals surface area contributed by atoms with E-state index in [1.807, 2.05) is 42.5 Å². The number of benzene rings is 3. The Kier molecular flexibility index (Phi) is 7.95. The molecule has 0 bridgehead atoms. The minimum atomic E-state index is -0.151. The lowest BCUT2D eigenvalue weighted by Gasteiger charge is -2.11. The maximum absolute atomic E-state index is 12.8. The fourth-order valence-corrected chi connectivity index (χ4v) is 4.45. The summed E-state index contributed by atoms with van der Waals surface area (Å²) in [6.07, 6.45) is 0.814. The maximum Gasteiger partial charge on any atom is 0.221 e. The summed E-state index contributed by atoms with van der Waals surface area (Å²) >= 11 is 1.37. The van der Waals surface area contributed by atoms with Crippen molar-refractivity contribution in [2.75, 3.05) is 18.2 Å². The van der Waals surface area contributed by atoms with E-state index in [9.17, 15) is 9.59 Å². The molecule has 0 saturated heterocycles. The molecule has 35 heavy (non-hydrogen) atoms. The van der Waals surface area contributed by atoms with Gasteiger partial charge in [-0.1, -0.05) is 42.1 Å². The number of hydrogen-bond donors (Lipinski definition) is 1. The first-order chi connectivity index (χ1) is 17.0. The van der Waals surface area contributed by atoms with Crippen LogP contribution in [-0.2, 0) is 17.8 Å². The number of amides is 1. The second-order valence-corrected chi connectivity index (χ2v) is 8.83. The molecule has 1 N–H and O–H groups in total. The number of rotatable bonds is 10. The lowest BCUT2D eigenvalue weighted by Crippen LogP contribution is -2.08. The van der Waals surface area contributed by atoms with Crippen molar-refractivity contribution in [1.82, 2.24) is 14.8 Å². The highest BCUT2D eigenvalue weighted by atomic mass is 32.2. The lowest BCUT2D eigenvalue weighted by molar-refractivity contribution is -0.114. The number of ether oxygens (including phenoxy) is 1. The van der Waals surface area contributed by atoms with Gasteiger partial charge in [0.15, 0.2) is 16.8 Å². The molecule has 8 heteroatoms. The molecular formula is C27H26N4O3S. The third-order valence-electron chi connectivity index (χ3n) is 5.39. The zero-order chi connectivity index (χ0) is 24.6. The predicted octanol–water partition coefficient (Wildman–Crippen LogP) is 5.13. The summed E-state index contributed by atoms with van der Waals surface area (Å²) in [6.45, 7) is 2.13. The number of ketones is 1. The highest BCUT2D eigenvalue weighted by Crippen LogP contribution is 2.27. The zero-order valence-corrected chi connectivity index (χ0v) is 20.4. The molecule has 0 aliphatic rings. The highest BCUT2D eigenvalue weighted by Gasteiger charge is 2.17. The average Bonchev–Trinajstić information content (AvgIpc) is 3.29. The third kappa shape index (κ3) is 6.36. The molecule has 1 amide bonds. The summed E-state index contributed by atoms with van der Waals surface area (Å²) < 4.78 is 7.34. The molecule has 0 atom stereocenters. The quantitative estimate of drug-likeness (QED) is 0.247. The average molecular weight is 487 g/mol. The summed E-state index contributed by atoms with van der Waals surface area (Å²) in [7, 11) is 1.64. The van der Waals surface area contributed by atoms with Crippen molar-refractivity contribution in [2.45, 2.75) is 25.0 Å². The number of nitrogens with zero attached hydrogens (tertiary/aromatic N) is 3. The second-order valence-electron chi connectivity index (χ2n) is 7.89. The minimum absolute atomic E-state index is 0.0204. The summed E-state index contributed by atoms with van der Waals surface area (Å²) in [5, 5.41) is 12.2. The van der Waals surface area contributed by atoms with Crippen LogP contribution >= 0.6 is 11.8 Å². The number of anilines is 1. The Morgan fingerprint density at radius 3 is 2.31 bits per heavy atom. The monoisotopic (exact) mass is 486 g/mol. The van der Waals surface area contributed by atoms with Gasteiger partial charge >= 0.3 is 0 Å². The molecule has 0 aliphatic heterocycles. The largest absolute Gasteiger partial charge is 0.497 e. The van der Waals surface area contributed by atoms with Crippen LogP contribution in [0.25, 0.3) is 11.4 Å². The second kappa shape index (κ2) is 11.5. The van der Waals surface area contributed by atoms with Gasteiger partial charge in [0.25, 0.3) is 0 Å². The van der Waals surface area contributed by atoms with Gasteiger partial charge in [-0.3, -0.25) is 9.59 Å². The number of aromatic nitrogens is 3. The van der Waals surface area contributed by atoms with Crippen LogP contribution in [0, 0.1) is 0 Å². The fraction of sp³-hybridized carbons (Fsp3) is 0.185. The van der Waals surface area contributed by atoms with Crippen molar-refractivity contribution < 1.29 is 14.3 Å². The van der Waals surface area contributed by atoms with Gasteiger partial charge in [-0.25, -0.2) is 0 Å². The Balaban J connectivity index is 1.52. The molecule has 1 heterocycles. The number of carbonyl (C=O) groups excluding carboxylic acids is 2. The topological polar surface area (TPSA) is 86.1 Å². The number of aryl methyl sites for hydroxylation is 1. The summed E-state index contributed by atoms with van der Waals surface area (Å²) in [5.74, 6) is 1.58. The van der Waals surface area contributed by atoms with Crippen molar-refractivity contribution in [3.05, 3.63) is 90.0 Å². The van der Waals surface area contributed by atoms with Crippen molar-refractivity contribution in [1.29, 1.82) is 0 Å². The molecule has 0 aliphatic carbocycles. The molecule has 4 rings (SSSR count). The molecule has 0 spiro atoms. The Morgan fingerprint density at radius 2 is 1.66 bits per heavy atom. The van der Waals surface area contributed by atoms with Crippen molar-refractivity contribution >= 4 is 29.1 Å². The van der Waals surface area contributed by atoms with E-state index < -0.39 is 0 Å². The van der Waals surface area contributed by atoms with Gasteiger partial charge in [0, 0.05) is 30.3 Å². The SMILES string of the molecule is COc1ccc(-c2nnc(SCC(=O)c3ccc(NC(C)=O)cc3)n2CCc2ccccc2)cc1. The number of nitrogens with one attached hydrogen (secondary N) is 1. The van der Waals surface area contributed by atoms with E-state index in [1.165, 1.54) is 24.2 Å². The lowest BCUT2D eigenvalue weighted by atomic mass is 10.1. The number of Topliss-reactive ketones (excluding diaryl/α,β-unsaturated/α-hetero) is 1. The van der Waals surface area contributed by atoms with Crippen molar-refractivity contribution in [3.8, 4) is 17.1 Å². The zero-order valence-electron chi connectivity index (χ0n) is 19.6. The predicted molar refractivity (Wildman–Crippen MR) is 138 cm³/mol. The highest BCUT2D eigenvalue weighted by molar-refractivity contribution is 7.99. The minimum Gasteiger partial charge on any atom is -0.497 e. The van der Waals surface area contributed by atoms with Crippen molar-refractivity contribution in [3.63, 3.8) is 0 Å². The summed E-state index contributed by atoms with van der Waals surface area (Å²) in [6, 6.07) is 24.8. The first-order valence-corrected chi connectivity index (χ1v) is 12.2. The molecule has 0 fully saturated rings. The molecular weight excluding hydrogens is 460 g/mol. The first kappa shape index (κ1) is 24.2. The molecule has 0 radical (unpaired) electrons. The van der Waals surface area contributed by atoms with E-state index in [4.69, 9.17) is 4.74 Å². The normalized spacial score (nSPS) is 10.7. The van der Waals surface area contributed by atoms with Crippen LogP contribution in [0.15, 0.2) is 84.0 Å². The Bertz CT molecular complexity index is 1290. The maximum atomic E-state index is 12.8. The third-order valence-corrected chi connectivity index (χ3v) is 6.36. The molecule has 7 nitrogen and oxygen atoms in total. The molecule has 3 aromatic carbocycles. The Hall–Kier alpha value is -3.91. The Morgan fingerprint density at radius 1 is 0.943 bits per heavy atom. The first-order valence-electron chi connectivity index (χ1n) is 11.2. The van der Waals surface area contributed by atoms with Gasteiger partial charge in [0.05, 0.1) is 12.9 Å². The molecule has 1 aromatic heterocycles. The van der Waals surface area contributed by atoms with Crippen LogP contribution in [0.3, 0.4) is 0 Å². The van der Waals surface area contributed by atoms with Gasteiger partial charge < -0.3 is 14.6 Å². The van der Waals surface area contributed by atoms with E-state index in [-0.39, 0.29) is 17.4 Å². The molecule has 4 aromatic rings. The Labute approximate surface area is 208 Å². The van der Waals surface area contributed by atoms with Crippen LogP contribution in [0.5, 0.6) is 5.75 Å². The smallest absolute Gasteiger partial charge is 0.221 e. The standard InChI is InChI=1S/C27H26N4O3S/c1-19(32)28-23-12-8-21(9-13-23)25(33)18-35-27-30-29-26(22-10-14-24(34-2)15-11-22)31(27)17-16-20-6-4-3-5-7-20/h3-15H,16-18H2,1-2H3,(H,28,32). The number of methoxy groups -OCH3 is 1. The van der Waals surface area contributed by atoms with Gasteiger partial charge in [-0.2, -0.15) is 0 Å². The van der Waals surface area contributed by atoms with Crippen LogP contribution < -0.4 is 10.1 Å². The van der Waals surface area contributed by atoms with E-state index in [0.717, 1.165) is 23.6 Å². The molecule has 178 valence electrons. The van der Waals surface area contributed by atoms with E-state index in [0.29, 0.717) is 23.0 Å². The van der Waals surface area contributed by atoms with Crippen molar-refractivity contribution in [2.24, 2.45) is 0 Å². The molecule has 0 unspecified atom stereocenters. The van der Waals surface area contributed by atoms with Gasteiger partial charge in [-0.15, -0.1) is 10.2 Å².